The number of aliphatic hydroxyl groups is 1. The van der Waals surface area contributed by atoms with Crippen LogP contribution in [-0.2, 0) is 4.79 Å². The normalized spacial score (nSPS) is 31.5. The molecule has 2 fully saturated rings. The van der Waals surface area contributed by atoms with Crippen molar-refractivity contribution in [3.63, 3.8) is 0 Å². The summed E-state index contributed by atoms with van der Waals surface area (Å²) in [5.74, 6) is 0.441. The third kappa shape index (κ3) is 2.43. The Kier molecular flexibility index (Phi) is 3.16. The molecule has 0 spiro atoms. The molecular weight excluding hydrogens is 216 g/mol. The molecule has 2 rings (SSSR count). The van der Waals surface area contributed by atoms with Crippen molar-refractivity contribution < 1.29 is 14.7 Å². The molecule has 0 aromatic heterocycles. The first-order chi connectivity index (χ1) is 7.16. The number of amides is 2. The van der Waals surface area contributed by atoms with Gasteiger partial charge in [-0.15, -0.1) is 0 Å². The van der Waals surface area contributed by atoms with Gasteiger partial charge in [0.15, 0.2) is 0 Å². The molecule has 0 aliphatic carbocycles. The van der Waals surface area contributed by atoms with Crippen molar-refractivity contribution in [3.05, 3.63) is 0 Å². The third-order valence-electron chi connectivity index (χ3n) is 2.68. The molecule has 6 heteroatoms. The molecule has 2 aliphatic heterocycles. The molecule has 2 N–H and O–H groups in total. The molecule has 2 saturated heterocycles. The van der Waals surface area contributed by atoms with E-state index in [-0.39, 0.29) is 11.1 Å². The van der Waals surface area contributed by atoms with Crippen molar-refractivity contribution in [1.29, 1.82) is 0 Å². The Morgan fingerprint density at radius 3 is 3.00 bits per heavy atom. The highest BCUT2D eigenvalue weighted by molar-refractivity contribution is 8.14. The fourth-order valence-corrected chi connectivity index (χ4v) is 2.66. The first-order valence-electron chi connectivity index (χ1n) is 5.07. The molecule has 2 aliphatic rings. The van der Waals surface area contributed by atoms with Gasteiger partial charge in [-0.3, -0.25) is 9.59 Å². The zero-order valence-corrected chi connectivity index (χ0v) is 9.13. The Balaban J connectivity index is 1.92. The van der Waals surface area contributed by atoms with Crippen LogP contribution in [0.4, 0.5) is 4.79 Å². The topological polar surface area (TPSA) is 69.6 Å². The molecule has 0 bridgehead atoms. The van der Waals surface area contributed by atoms with E-state index in [1.54, 1.807) is 4.90 Å². The fourth-order valence-electron chi connectivity index (χ4n) is 1.89. The summed E-state index contributed by atoms with van der Waals surface area (Å²) >= 11 is 1.14. The molecule has 0 saturated carbocycles. The first-order valence-corrected chi connectivity index (χ1v) is 6.05. The molecule has 84 valence electrons. The van der Waals surface area contributed by atoms with Gasteiger partial charge in [-0.25, -0.2) is 0 Å². The van der Waals surface area contributed by atoms with Gasteiger partial charge in [0.1, 0.15) is 6.04 Å². The number of hydrogen-bond acceptors (Lipinski definition) is 4. The second kappa shape index (κ2) is 4.40. The van der Waals surface area contributed by atoms with E-state index in [1.165, 1.54) is 0 Å². The lowest BCUT2D eigenvalue weighted by Crippen LogP contribution is -2.50. The fraction of sp³-hybridized carbons (Fsp3) is 0.778. The Labute approximate surface area is 92.2 Å². The van der Waals surface area contributed by atoms with Crippen molar-refractivity contribution in [3.8, 4) is 0 Å². The largest absolute Gasteiger partial charge is 0.391 e. The number of thioether (sulfide) groups is 1. The number of likely N-dealkylation sites (tertiary alicyclic amines) is 1. The Morgan fingerprint density at radius 2 is 2.40 bits per heavy atom. The minimum absolute atomic E-state index is 0.0629. The smallest absolute Gasteiger partial charge is 0.279 e. The summed E-state index contributed by atoms with van der Waals surface area (Å²) in [4.78, 5) is 24.5. The van der Waals surface area contributed by atoms with Crippen LogP contribution < -0.4 is 5.32 Å². The van der Waals surface area contributed by atoms with Gasteiger partial charge in [0.2, 0.25) is 5.91 Å². The zero-order valence-electron chi connectivity index (χ0n) is 8.31. The van der Waals surface area contributed by atoms with Crippen LogP contribution in [0.25, 0.3) is 0 Å². The number of carbonyl (C=O) groups is 2. The van der Waals surface area contributed by atoms with Gasteiger partial charge in [-0.05, 0) is 12.8 Å². The predicted molar refractivity (Wildman–Crippen MR) is 56.6 cm³/mol. The molecule has 1 unspecified atom stereocenters. The highest BCUT2D eigenvalue weighted by Crippen LogP contribution is 2.17. The highest BCUT2D eigenvalue weighted by Gasteiger charge is 2.33. The lowest BCUT2D eigenvalue weighted by Gasteiger charge is -2.31. The number of piperidine rings is 1. The maximum Gasteiger partial charge on any atom is 0.279 e. The molecule has 15 heavy (non-hydrogen) atoms. The van der Waals surface area contributed by atoms with E-state index in [0.717, 1.165) is 24.6 Å². The van der Waals surface area contributed by atoms with Crippen molar-refractivity contribution in [2.75, 3.05) is 18.8 Å². The summed E-state index contributed by atoms with van der Waals surface area (Å²) in [6.45, 7) is 1.09. The third-order valence-corrected chi connectivity index (χ3v) is 3.56. The van der Waals surface area contributed by atoms with Crippen molar-refractivity contribution in [2.45, 2.75) is 25.0 Å². The second-order valence-corrected chi connectivity index (χ2v) is 4.87. The summed E-state index contributed by atoms with van der Waals surface area (Å²) in [5.41, 5.74) is 0. The van der Waals surface area contributed by atoms with Gasteiger partial charge in [-0.2, -0.15) is 0 Å². The SMILES string of the molecule is O=C1NC(C(=O)N2CCC[C@H](O)C2)CS1. The van der Waals surface area contributed by atoms with E-state index in [0.29, 0.717) is 18.8 Å². The monoisotopic (exact) mass is 230 g/mol. The number of aliphatic hydroxyl groups excluding tert-OH is 1. The number of rotatable bonds is 1. The average molecular weight is 230 g/mol. The highest BCUT2D eigenvalue weighted by atomic mass is 32.2. The summed E-state index contributed by atoms with van der Waals surface area (Å²) < 4.78 is 0. The maximum atomic E-state index is 11.9. The van der Waals surface area contributed by atoms with Crippen molar-refractivity contribution in [1.82, 2.24) is 10.2 Å². The van der Waals surface area contributed by atoms with Crippen LogP contribution in [0.1, 0.15) is 12.8 Å². The number of carbonyl (C=O) groups excluding carboxylic acids is 2. The van der Waals surface area contributed by atoms with Gasteiger partial charge in [0.05, 0.1) is 6.10 Å². The standard InChI is InChI=1S/C9H14N2O3S/c12-6-2-1-3-11(4-6)8(13)7-5-15-9(14)10-7/h6-7,12H,1-5H2,(H,10,14)/t6-,7?/m0/s1. The van der Waals surface area contributed by atoms with Gasteiger partial charge in [0.25, 0.3) is 5.24 Å². The van der Waals surface area contributed by atoms with Gasteiger partial charge in [-0.1, -0.05) is 11.8 Å². The van der Waals surface area contributed by atoms with Crippen molar-refractivity contribution >= 4 is 22.9 Å². The van der Waals surface area contributed by atoms with Crippen LogP contribution in [0.2, 0.25) is 0 Å². The van der Waals surface area contributed by atoms with E-state index >= 15 is 0 Å². The summed E-state index contributed by atoms with van der Waals surface area (Å²) in [6.07, 6.45) is 1.18. The number of β-amino-alcohol motifs (C(OH)–C–C–N with tert-alkyl or cyclic N) is 1. The minimum atomic E-state index is -0.410. The van der Waals surface area contributed by atoms with E-state index in [2.05, 4.69) is 5.32 Å². The van der Waals surface area contributed by atoms with Crippen LogP contribution >= 0.6 is 11.8 Å². The zero-order chi connectivity index (χ0) is 10.8. The molecule has 0 radical (unpaired) electrons. The van der Waals surface area contributed by atoms with E-state index < -0.39 is 12.1 Å². The quantitative estimate of drug-likeness (QED) is 0.654. The summed E-state index contributed by atoms with van der Waals surface area (Å²) in [6, 6.07) is -0.396. The number of nitrogens with one attached hydrogen (secondary N) is 1. The Bertz CT molecular complexity index is 285. The lowest BCUT2D eigenvalue weighted by atomic mass is 10.1. The predicted octanol–water partition coefficient (Wildman–Crippen LogP) is -0.205. The van der Waals surface area contributed by atoms with Crippen LogP contribution in [-0.4, -0.2) is 52.1 Å². The average Bonchev–Trinajstić information content (AvgIpc) is 2.64. The summed E-state index contributed by atoms with van der Waals surface area (Å²) in [7, 11) is 0. The maximum absolute atomic E-state index is 11.9. The Hall–Kier alpha value is -0.750. The van der Waals surface area contributed by atoms with E-state index in [1.807, 2.05) is 0 Å². The van der Waals surface area contributed by atoms with Crippen molar-refractivity contribution in [2.24, 2.45) is 0 Å². The van der Waals surface area contributed by atoms with Crippen LogP contribution in [0.3, 0.4) is 0 Å². The molecule has 2 atom stereocenters. The molecular formula is C9H14N2O3S. The van der Waals surface area contributed by atoms with Gasteiger partial charge >= 0.3 is 0 Å². The van der Waals surface area contributed by atoms with Gasteiger partial charge in [0, 0.05) is 18.8 Å². The second-order valence-electron chi connectivity index (χ2n) is 3.88. The molecule has 0 aromatic carbocycles. The Morgan fingerprint density at radius 1 is 1.60 bits per heavy atom. The van der Waals surface area contributed by atoms with Crippen LogP contribution in [0.15, 0.2) is 0 Å². The van der Waals surface area contributed by atoms with Gasteiger partial charge < -0.3 is 15.3 Å². The molecule has 0 aromatic rings. The lowest BCUT2D eigenvalue weighted by molar-refractivity contribution is -0.135. The van der Waals surface area contributed by atoms with E-state index in [9.17, 15) is 14.7 Å². The number of hydrogen-bond donors (Lipinski definition) is 2. The summed E-state index contributed by atoms with van der Waals surface area (Å²) in [5, 5.41) is 11.9. The molecule has 2 amide bonds. The van der Waals surface area contributed by atoms with Crippen LogP contribution in [0, 0.1) is 0 Å². The van der Waals surface area contributed by atoms with Crippen LogP contribution in [0.5, 0.6) is 0 Å². The van der Waals surface area contributed by atoms with E-state index in [4.69, 9.17) is 0 Å². The molecule has 2 heterocycles. The minimum Gasteiger partial charge on any atom is -0.391 e. The first kappa shape index (κ1) is 10.8. The number of nitrogens with zero attached hydrogens (tertiary/aromatic N) is 1. The molecule has 5 nitrogen and oxygen atoms in total.